The Morgan fingerprint density at radius 1 is 1.37 bits per heavy atom. The van der Waals surface area contributed by atoms with Crippen LogP contribution in [0, 0.1) is 0 Å². The van der Waals surface area contributed by atoms with Crippen LogP contribution in [0.5, 0.6) is 0 Å². The highest BCUT2D eigenvalue weighted by molar-refractivity contribution is 5.38. The molecule has 0 saturated heterocycles. The highest BCUT2D eigenvalue weighted by atomic mass is 15.0. The first-order valence-electron chi connectivity index (χ1n) is 6.97. The SMILES string of the molecule is CC1(C)CCC(NCc2cnc[nH]2)c2ccccc21. The third-order valence-electron chi connectivity index (χ3n) is 4.22. The highest BCUT2D eigenvalue weighted by Crippen LogP contribution is 2.41. The van der Waals surface area contributed by atoms with Crippen molar-refractivity contribution in [3.05, 3.63) is 53.6 Å². The minimum absolute atomic E-state index is 0.294. The quantitative estimate of drug-likeness (QED) is 0.883. The van der Waals surface area contributed by atoms with Gasteiger partial charge in [-0.1, -0.05) is 38.1 Å². The molecule has 1 aromatic carbocycles. The summed E-state index contributed by atoms with van der Waals surface area (Å²) in [5.74, 6) is 0. The van der Waals surface area contributed by atoms with E-state index in [4.69, 9.17) is 0 Å². The van der Waals surface area contributed by atoms with Gasteiger partial charge in [-0.2, -0.15) is 0 Å². The van der Waals surface area contributed by atoms with Crippen LogP contribution in [0.2, 0.25) is 0 Å². The van der Waals surface area contributed by atoms with Gasteiger partial charge in [-0.3, -0.25) is 0 Å². The van der Waals surface area contributed by atoms with Crippen LogP contribution in [-0.2, 0) is 12.0 Å². The first-order valence-corrected chi connectivity index (χ1v) is 6.97. The van der Waals surface area contributed by atoms with E-state index in [1.54, 1.807) is 6.33 Å². The first kappa shape index (κ1) is 12.4. The summed E-state index contributed by atoms with van der Waals surface area (Å²) >= 11 is 0. The van der Waals surface area contributed by atoms with E-state index in [0.717, 1.165) is 12.2 Å². The van der Waals surface area contributed by atoms with Gasteiger partial charge in [0.25, 0.3) is 0 Å². The lowest BCUT2D eigenvalue weighted by atomic mass is 9.71. The molecule has 3 heteroatoms. The van der Waals surface area contributed by atoms with Crippen LogP contribution in [0.25, 0.3) is 0 Å². The lowest BCUT2D eigenvalue weighted by Crippen LogP contribution is -2.32. The Labute approximate surface area is 114 Å². The van der Waals surface area contributed by atoms with E-state index in [2.05, 4.69) is 53.4 Å². The molecule has 0 spiro atoms. The minimum Gasteiger partial charge on any atom is -0.347 e. The molecule has 3 nitrogen and oxygen atoms in total. The molecule has 1 aliphatic carbocycles. The summed E-state index contributed by atoms with van der Waals surface area (Å²) in [6, 6.07) is 9.29. The molecule has 2 aromatic rings. The summed E-state index contributed by atoms with van der Waals surface area (Å²) in [6.07, 6.45) is 6.03. The summed E-state index contributed by atoms with van der Waals surface area (Å²) in [4.78, 5) is 7.20. The number of hydrogen-bond acceptors (Lipinski definition) is 2. The van der Waals surface area contributed by atoms with Crippen LogP contribution in [0.4, 0.5) is 0 Å². The number of rotatable bonds is 3. The third kappa shape index (κ3) is 2.43. The lowest BCUT2D eigenvalue weighted by molar-refractivity contribution is 0.357. The van der Waals surface area contributed by atoms with Crippen molar-refractivity contribution >= 4 is 0 Å². The molecule has 19 heavy (non-hydrogen) atoms. The van der Waals surface area contributed by atoms with Crippen molar-refractivity contribution in [2.75, 3.05) is 0 Å². The van der Waals surface area contributed by atoms with Crippen LogP contribution < -0.4 is 5.32 Å². The molecule has 0 aliphatic heterocycles. The number of nitrogens with zero attached hydrogens (tertiary/aromatic N) is 1. The van der Waals surface area contributed by atoms with E-state index in [-0.39, 0.29) is 0 Å². The Balaban J connectivity index is 1.80. The zero-order valence-corrected chi connectivity index (χ0v) is 11.6. The van der Waals surface area contributed by atoms with Gasteiger partial charge in [-0.05, 0) is 29.4 Å². The molecule has 0 amide bonds. The number of aromatic nitrogens is 2. The number of imidazole rings is 1. The van der Waals surface area contributed by atoms with Gasteiger partial charge in [-0.15, -0.1) is 0 Å². The number of fused-ring (bicyclic) bond motifs is 1. The molecule has 3 rings (SSSR count). The van der Waals surface area contributed by atoms with Gasteiger partial charge in [-0.25, -0.2) is 4.98 Å². The molecule has 0 saturated carbocycles. The maximum absolute atomic E-state index is 4.06. The average Bonchev–Trinajstić information content (AvgIpc) is 2.91. The van der Waals surface area contributed by atoms with Crippen LogP contribution in [0.15, 0.2) is 36.8 Å². The van der Waals surface area contributed by atoms with Crippen LogP contribution in [-0.4, -0.2) is 9.97 Å². The molecule has 100 valence electrons. The summed E-state index contributed by atoms with van der Waals surface area (Å²) in [6.45, 7) is 5.54. The van der Waals surface area contributed by atoms with E-state index in [0.29, 0.717) is 11.5 Å². The normalized spacial score (nSPS) is 21.1. The molecule has 1 unspecified atom stereocenters. The van der Waals surface area contributed by atoms with Gasteiger partial charge >= 0.3 is 0 Å². The Hall–Kier alpha value is -1.61. The van der Waals surface area contributed by atoms with Crippen molar-refractivity contribution in [3.63, 3.8) is 0 Å². The molecule has 0 radical (unpaired) electrons. The fourth-order valence-corrected chi connectivity index (χ4v) is 3.04. The van der Waals surface area contributed by atoms with Gasteiger partial charge in [0.05, 0.1) is 6.33 Å². The molecule has 0 bridgehead atoms. The van der Waals surface area contributed by atoms with Crippen molar-refractivity contribution in [3.8, 4) is 0 Å². The number of hydrogen-bond donors (Lipinski definition) is 2. The fraction of sp³-hybridized carbons (Fsp3) is 0.438. The fourth-order valence-electron chi connectivity index (χ4n) is 3.04. The third-order valence-corrected chi connectivity index (χ3v) is 4.22. The van der Waals surface area contributed by atoms with Gasteiger partial charge in [0, 0.05) is 24.5 Å². The van der Waals surface area contributed by atoms with Crippen LogP contribution >= 0.6 is 0 Å². The number of aromatic amines is 1. The predicted molar refractivity (Wildman–Crippen MR) is 76.9 cm³/mol. The maximum atomic E-state index is 4.06. The van der Waals surface area contributed by atoms with Gasteiger partial charge in [0.2, 0.25) is 0 Å². The number of H-pyrrole nitrogens is 1. The monoisotopic (exact) mass is 255 g/mol. The lowest BCUT2D eigenvalue weighted by Gasteiger charge is -2.37. The smallest absolute Gasteiger partial charge is 0.0922 e. The average molecular weight is 255 g/mol. The van der Waals surface area contributed by atoms with Crippen molar-refractivity contribution in [1.29, 1.82) is 0 Å². The summed E-state index contributed by atoms with van der Waals surface area (Å²) in [5, 5.41) is 3.65. The minimum atomic E-state index is 0.294. The van der Waals surface area contributed by atoms with Crippen molar-refractivity contribution in [2.24, 2.45) is 0 Å². The van der Waals surface area contributed by atoms with Crippen LogP contribution in [0.1, 0.15) is 49.6 Å². The van der Waals surface area contributed by atoms with Crippen LogP contribution in [0.3, 0.4) is 0 Å². The zero-order chi connectivity index (χ0) is 13.3. The molecule has 1 heterocycles. The zero-order valence-electron chi connectivity index (χ0n) is 11.6. The predicted octanol–water partition coefficient (Wildman–Crippen LogP) is 3.31. The standard InChI is InChI=1S/C16H21N3/c1-16(2)8-7-15(13-5-3-4-6-14(13)16)18-10-12-9-17-11-19-12/h3-6,9,11,15,18H,7-8,10H2,1-2H3,(H,17,19). The molecule has 1 aromatic heterocycles. The topological polar surface area (TPSA) is 40.7 Å². The molecular formula is C16H21N3. The van der Waals surface area contributed by atoms with Crippen molar-refractivity contribution in [2.45, 2.75) is 44.7 Å². The number of nitrogens with one attached hydrogen (secondary N) is 2. The Morgan fingerprint density at radius 3 is 3.00 bits per heavy atom. The van der Waals surface area contributed by atoms with E-state index in [9.17, 15) is 0 Å². The van der Waals surface area contributed by atoms with Gasteiger partial charge in [0.1, 0.15) is 0 Å². The molecule has 0 fully saturated rings. The second kappa shape index (κ2) is 4.82. The van der Waals surface area contributed by atoms with E-state index >= 15 is 0 Å². The maximum Gasteiger partial charge on any atom is 0.0922 e. The summed E-state index contributed by atoms with van der Waals surface area (Å²) < 4.78 is 0. The van der Waals surface area contributed by atoms with Crippen molar-refractivity contribution < 1.29 is 0 Å². The second-order valence-electron chi connectivity index (χ2n) is 6.02. The van der Waals surface area contributed by atoms with E-state index < -0.39 is 0 Å². The Bertz CT molecular complexity index is 543. The largest absolute Gasteiger partial charge is 0.347 e. The highest BCUT2D eigenvalue weighted by Gasteiger charge is 2.31. The van der Waals surface area contributed by atoms with Crippen molar-refractivity contribution in [1.82, 2.24) is 15.3 Å². The summed E-state index contributed by atoms with van der Waals surface area (Å²) in [7, 11) is 0. The number of benzene rings is 1. The first-order chi connectivity index (χ1) is 9.17. The van der Waals surface area contributed by atoms with Gasteiger partial charge in [0.15, 0.2) is 0 Å². The van der Waals surface area contributed by atoms with Gasteiger partial charge < -0.3 is 10.3 Å². The molecule has 1 aliphatic rings. The summed E-state index contributed by atoms with van der Waals surface area (Å²) in [5.41, 5.74) is 4.38. The second-order valence-corrected chi connectivity index (χ2v) is 6.02. The Kier molecular flexibility index (Phi) is 3.15. The Morgan fingerprint density at radius 2 is 2.21 bits per heavy atom. The molecule has 2 N–H and O–H groups in total. The molecule has 1 atom stereocenters. The molecular weight excluding hydrogens is 234 g/mol. The van der Waals surface area contributed by atoms with E-state index in [1.807, 2.05) is 6.20 Å². The van der Waals surface area contributed by atoms with E-state index in [1.165, 1.54) is 24.0 Å².